The molecule has 0 aliphatic rings. The third-order valence-electron chi connectivity index (χ3n) is 1.99. The molecule has 1 N–H and O–H groups in total. The predicted octanol–water partition coefficient (Wildman–Crippen LogP) is 0.370. The van der Waals surface area contributed by atoms with Crippen LogP contribution < -0.4 is 5.32 Å². The minimum atomic E-state index is -0.677. The second kappa shape index (κ2) is 6.33. The summed E-state index contributed by atoms with van der Waals surface area (Å²) in [6.45, 7) is 0. The minimum Gasteiger partial charge on any atom is -0.469 e. The van der Waals surface area contributed by atoms with Gasteiger partial charge in [-0.25, -0.2) is 9.78 Å². The van der Waals surface area contributed by atoms with Gasteiger partial charge in [0.1, 0.15) is 6.42 Å². The molecule has 0 aromatic carbocycles. The number of esters is 2. The Balaban J connectivity index is 2.81. The summed E-state index contributed by atoms with van der Waals surface area (Å²) in [5.41, 5.74) is 0.150. The summed E-state index contributed by atoms with van der Waals surface area (Å²) < 4.78 is 8.87. The highest BCUT2D eigenvalue weighted by molar-refractivity contribution is 6.05. The van der Waals surface area contributed by atoms with Crippen LogP contribution in [0.25, 0.3) is 0 Å². The molecule has 18 heavy (non-hydrogen) atoms. The van der Waals surface area contributed by atoms with Gasteiger partial charge in [0.05, 0.1) is 19.9 Å². The first-order valence-electron chi connectivity index (χ1n) is 4.98. The Labute approximate surface area is 103 Å². The number of aromatic nitrogens is 1. The van der Waals surface area contributed by atoms with Crippen LogP contribution in [0.3, 0.4) is 0 Å². The van der Waals surface area contributed by atoms with Crippen LogP contribution in [0.2, 0.25) is 0 Å². The van der Waals surface area contributed by atoms with Crippen molar-refractivity contribution in [3.8, 4) is 0 Å². The van der Waals surface area contributed by atoms with Crippen molar-refractivity contribution < 1.29 is 23.9 Å². The van der Waals surface area contributed by atoms with Crippen molar-refractivity contribution in [2.75, 3.05) is 19.5 Å². The van der Waals surface area contributed by atoms with Gasteiger partial charge in [-0.05, 0) is 12.1 Å². The second-order valence-corrected chi connectivity index (χ2v) is 3.19. The van der Waals surface area contributed by atoms with E-state index in [1.165, 1.54) is 26.5 Å². The van der Waals surface area contributed by atoms with Gasteiger partial charge in [0, 0.05) is 6.20 Å². The van der Waals surface area contributed by atoms with Gasteiger partial charge < -0.3 is 14.8 Å². The number of ether oxygens (including phenoxy) is 2. The number of amides is 1. The monoisotopic (exact) mass is 252 g/mol. The van der Waals surface area contributed by atoms with Gasteiger partial charge >= 0.3 is 11.9 Å². The summed E-state index contributed by atoms with van der Waals surface area (Å²) in [4.78, 5) is 37.5. The number of hydrogen-bond donors (Lipinski definition) is 1. The van der Waals surface area contributed by atoms with Crippen LogP contribution in [0.1, 0.15) is 16.9 Å². The van der Waals surface area contributed by atoms with Crippen LogP contribution in [0.15, 0.2) is 18.3 Å². The van der Waals surface area contributed by atoms with E-state index < -0.39 is 24.3 Å². The van der Waals surface area contributed by atoms with E-state index in [1.807, 2.05) is 0 Å². The van der Waals surface area contributed by atoms with Crippen LogP contribution >= 0.6 is 0 Å². The van der Waals surface area contributed by atoms with Crippen molar-refractivity contribution in [2.24, 2.45) is 0 Å². The highest BCUT2D eigenvalue weighted by atomic mass is 16.5. The highest BCUT2D eigenvalue weighted by Gasteiger charge is 2.16. The van der Waals surface area contributed by atoms with Crippen molar-refractivity contribution in [1.82, 2.24) is 4.98 Å². The Morgan fingerprint density at radius 2 is 2.00 bits per heavy atom. The van der Waals surface area contributed by atoms with E-state index in [2.05, 4.69) is 19.8 Å². The molecule has 0 radical (unpaired) electrons. The van der Waals surface area contributed by atoms with E-state index in [1.54, 1.807) is 6.07 Å². The molecule has 1 amide bonds. The Bertz CT molecular complexity index is 472. The van der Waals surface area contributed by atoms with Crippen molar-refractivity contribution >= 4 is 23.5 Å². The Hall–Kier alpha value is -2.44. The summed E-state index contributed by atoms with van der Waals surface area (Å²) in [5, 5.41) is 2.39. The highest BCUT2D eigenvalue weighted by Crippen LogP contribution is 2.13. The molecular formula is C11H12N2O5. The molecule has 0 atom stereocenters. The largest absolute Gasteiger partial charge is 0.469 e. The summed E-state index contributed by atoms with van der Waals surface area (Å²) >= 11 is 0. The lowest BCUT2D eigenvalue weighted by atomic mass is 10.3. The van der Waals surface area contributed by atoms with Crippen LogP contribution in [0, 0.1) is 0 Å². The molecule has 7 nitrogen and oxygen atoms in total. The SMILES string of the molecule is COC(=O)CC(=O)Nc1cccnc1C(=O)OC. The quantitative estimate of drug-likeness (QED) is 0.614. The number of methoxy groups -OCH3 is 2. The fourth-order valence-electron chi connectivity index (χ4n) is 1.16. The summed E-state index contributed by atoms with van der Waals surface area (Å²) in [6, 6.07) is 3.02. The molecule has 1 rings (SSSR count). The van der Waals surface area contributed by atoms with Crippen LogP contribution in [-0.2, 0) is 19.1 Å². The average molecular weight is 252 g/mol. The van der Waals surface area contributed by atoms with Gasteiger partial charge in [0.25, 0.3) is 0 Å². The first-order valence-corrected chi connectivity index (χ1v) is 4.98. The predicted molar refractivity (Wildman–Crippen MR) is 60.8 cm³/mol. The number of hydrogen-bond acceptors (Lipinski definition) is 6. The smallest absolute Gasteiger partial charge is 0.358 e. The summed E-state index contributed by atoms with van der Waals surface area (Å²) in [6.07, 6.45) is 0.953. The lowest BCUT2D eigenvalue weighted by molar-refractivity contribution is -0.142. The molecule has 1 heterocycles. The minimum absolute atomic E-state index is 0.0294. The van der Waals surface area contributed by atoms with Gasteiger partial charge in [-0.15, -0.1) is 0 Å². The molecule has 0 bridgehead atoms. The number of pyridine rings is 1. The van der Waals surface area contributed by atoms with Crippen molar-refractivity contribution in [3.05, 3.63) is 24.0 Å². The molecule has 7 heteroatoms. The maximum atomic E-state index is 11.5. The van der Waals surface area contributed by atoms with Crippen LogP contribution in [0.5, 0.6) is 0 Å². The zero-order valence-electron chi connectivity index (χ0n) is 9.93. The number of anilines is 1. The third kappa shape index (κ3) is 3.55. The standard InChI is InChI=1S/C11H12N2O5/c1-17-9(15)6-8(14)13-7-4-3-5-12-10(7)11(16)18-2/h3-5H,6H2,1-2H3,(H,13,14). The van der Waals surface area contributed by atoms with E-state index in [-0.39, 0.29) is 11.4 Å². The number of carbonyl (C=O) groups excluding carboxylic acids is 3. The van der Waals surface area contributed by atoms with E-state index in [9.17, 15) is 14.4 Å². The summed E-state index contributed by atoms with van der Waals surface area (Å²) in [7, 11) is 2.39. The molecule has 96 valence electrons. The maximum Gasteiger partial charge on any atom is 0.358 e. The molecule has 0 fully saturated rings. The fourth-order valence-corrected chi connectivity index (χ4v) is 1.16. The zero-order valence-corrected chi connectivity index (χ0v) is 9.93. The zero-order chi connectivity index (χ0) is 13.5. The lowest BCUT2D eigenvalue weighted by Crippen LogP contribution is -2.19. The number of nitrogens with one attached hydrogen (secondary N) is 1. The van der Waals surface area contributed by atoms with E-state index >= 15 is 0 Å². The average Bonchev–Trinajstić information content (AvgIpc) is 2.38. The molecule has 1 aromatic rings. The Kier molecular flexibility index (Phi) is 4.79. The first-order chi connectivity index (χ1) is 8.58. The van der Waals surface area contributed by atoms with Gasteiger partial charge in [-0.1, -0.05) is 0 Å². The normalized spacial score (nSPS) is 9.44. The van der Waals surface area contributed by atoms with Crippen molar-refractivity contribution in [2.45, 2.75) is 6.42 Å². The molecule has 0 unspecified atom stereocenters. The van der Waals surface area contributed by atoms with E-state index in [4.69, 9.17) is 0 Å². The van der Waals surface area contributed by atoms with Crippen molar-refractivity contribution in [1.29, 1.82) is 0 Å². The first kappa shape index (κ1) is 13.6. The van der Waals surface area contributed by atoms with Crippen molar-refractivity contribution in [3.63, 3.8) is 0 Å². The molecule has 0 aliphatic heterocycles. The summed E-state index contributed by atoms with van der Waals surface area (Å²) in [5.74, 6) is -1.94. The molecule has 0 saturated heterocycles. The lowest BCUT2D eigenvalue weighted by Gasteiger charge is -2.07. The second-order valence-electron chi connectivity index (χ2n) is 3.19. The molecule has 0 spiro atoms. The van der Waals surface area contributed by atoms with Gasteiger partial charge in [-0.2, -0.15) is 0 Å². The van der Waals surface area contributed by atoms with Gasteiger partial charge in [-0.3, -0.25) is 9.59 Å². The molecule has 0 aliphatic carbocycles. The topological polar surface area (TPSA) is 94.6 Å². The Morgan fingerprint density at radius 1 is 1.28 bits per heavy atom. The Morgan fingerprint density at radius 3 is 2.61 bits per heavy atom. The van der Waals surface area contributed by atoms with E-state index in [0.717, 1.165) is 0 Å². The number of carbonyl (C=O) groups is 3. The van der Waals surface area contributed by atoms with Crippen LogP contribution in [0.4, 0.5) is 5.69 Å². The number of nitrogens with zero attached hydrogens (tertiary/aromatic N) is 1. The maximum absolute atomic E-state index is 11.5. The fraction of sp³-hybridized carbons (Fsp3) is 0.273. The van der Waals surface area contributed by atoms with Gasteiger partial charge in [0.15, 0.2) is 5.69 Å². The number of rotatable bonds is 4. The third-order valence-corrected chi connectivity index (χ3v) is 1.99. The molecule has 0 saturated carbocycles. The molecule has 1 aromatic heterocycles. The van der Waals surface area contributed by atoms with Crippen LogP contribution in [-0.4, -0.2) is 37.0 Å². The van der Waals surface area contributed by atoms with E-state index in [0.29, 0.717) is 0 Å². The molecular weight excluding hydrogens is 240 g/mol. The van der Waals surface area contributed by atoms with Gasteiger partial charge in [0.2, 0.25) is 5.91 Å².